The molecule has 1 amide bonds. The van der Waals surface area contributed by atoms with Crippen molar-refractivity contribution in [1.82, 2.24) is 15.3 Å². The molecule has 1 unspecified atom stereocenters. The number of ether oxygens (including phenoxy) is 1. The molecule has 0 spiro atoms. The molecule has 1 atom stereocenters. The van der Waals surface area contributed by atoms with E-state index in [-0.39, 0.29) is 35.9 Å². The van der Waals surface area contributed by atoms with Crippen molar-refractivity contribution in [3.63, 3.8) is 0 Å². The first kappa shape index (κ1) is 23.9. The number of aliphatic carboxylic acids is 2. The Morgan fingerprint density at radius 1 is 1.00 bits per heavy atom. The van der Waals surface area contributed by atoms with Gasteiger partial charge in [-0.05, 0) is 48.4 Å². The van der Waals surface area contributed by atoms with Crippen molar-refractivity contribution in [2.24, 2.45) is 0 Å². The van der Waals surface area contributed by atoms with E-state index >= 15 is 0 Å². The molecule has 0 fully saturated rings. The van der Waals surface area contributed by atoms with Gasteiger partial charge in [0.15, 0.2) is 0 Å². The van der Waals surface area contributed by atoms with E-state index in [1.807, 2.05) is 0 Å². The second-order valence-electron chi connectivity index (χ2n) is 7.29. The zero-order valence-corrected chi connectivity index (χ0v) is 17.7. The highest BCUT2D eigenvalue weighted by Crippen LogP contribution is 2.21. The van der Waals surface area contributed by atoms with Gasteiger partial charge in [0.05, 0.1) is 11.9 Å². The van der Waals surface area contributed by atoms with E-state index in [1.165, 1.54) is 24.3 Å². The van der Waals surface area contributed by atoms with Crippen LogP contribution in [0.5, 0.6) is 5.75 Å². The van der Waals surface area contributed by atoms with Crippen LogP contribution in [0.15, 0.2) is 42.5 Å². The van der Waals surface area contributed by atoms with Crippen LogP contribution in [0.1, 0.15) is 28.8 Å². The highest BCUT2D eigenvalue weighted by atomic mass is 16.5. The van der Waals surface area contributed by atoms with Gasteiger partial charge < -0.3 is 31.7 Å². The zero-order valence-electron chi connectivity index (χ0n) is 17.7. The summed E-state index contributed by atoms with van der Waals surface area (Å²) in [6.45, 7) is 0. The van der Waals surface area contributed by atoms with Gasteiger partial charge in [0, 0.05) is 17.4 Å². The van der Waals surface area contributed by atoms with Gasteiger partial charge in [0.1, 0.15) is 17.6 Å². The summed E-state index contributed by atoms with van der Waals surface area (Å²) in [5.41, 5.74) is 12.7. The third-order valence-electron chi connectivity index (χ3n) is 4.75. The van der Waals surface area contributed by atoms with E-state index in [4.69, 9.17) is 26.4 Å². The third kappa shape index (κ3) is 6.16. The molecule has 0 aliphatic heterocycles. The zero-order chi connectivity index (χ0) is 24.8. The number of nitrogens with two attached hydrogens (primary N) is 2. The fourth-order valence-electron chi connectivity index (χ4n) is 3.10. The number of carboxylic acid groups (broad SMARTS) is 2. The number of carbonyl (C=O) groups is 4. The number of rotatable bonds is 9. The van der Waals surface area contributed by atoms with Gasteiger partial charge in [-0.25, -0.2) is 9.78 Å². The maximum Gasteiger partial charge on any atom is 0.326 e. The lowest BCUT2D eigenvalue weighted by molar-refractivity contribution is -0.140. The van der Waals surface area contributed by atoms with Crippen LogP contribution in [0.4, 0.5) is 11.8 Å². The van der Waals surface area contributed by atoms with Gasteiger partial charge in [-0.1, -0.05) is 6.07 Å². The number of nitrogens with one attached hydrogen (secondary N) is 1. The summed E-state index contributed by atoms with van der Waals surface area (Å²) in [4.78, 5) is 54.4. The molecule has 176 valence electrons. The molecule has 0 bridgehead atoms. The molecule has 3 rings (SSSR count). The summed E-state index contributed by atoms with van der Waals surface area (Å²) in [7, 11) is 0. The van der Waals surface area contributed by atoms with Crippen LogP contribution < -0.4 is 21.5 Å². The Bertz CT molecular complexity index is 1260. The van der Waals surface area contributed by atoms with E-state index < -0.39 is 36.3 Å². The number of anilines is 2. The Kier molecular flexibility index (Phi) is 7.21. The van der Waals surface area contributed by atoms with Crippen LogP contribution in [0.3, 0.4) is 0 Å². The summed E-state index contributed by atoms with van der Waals surface area (Å²) in [5, 5.41) is 20.7. The number of aromatic nitrogens is 2. The first-order chi connectivity index (χ1) is 16.1. The molecule has 12 heteroatoms. The largest absolute Gasteiger partial charge is 0.481 e. The smallest absolute Gasteiger partial charge is 0.326 e. The van der Waals surface area contributed by atoms with Gasteiger partial charge in [-0.3, -0.25) is 14.4 Å². The maximum atomic E-state index is 12.3. The Morgan fingerprint density at radius 3 is 2.35 bits per heavy atom. The Morgan fingerprint density at radius 2 is 1.71 bits per heavy atom. The SMILES string of the molecule is Nc1nc(N)c2cc(CC(=O)Oc3ccc(C(=O)NC(CCC(=O)O)C(=O)O)cc3)ccc2n1. The number of carboxylic acids is 2. The normalized spacial score (nSPS) is 11.5. The van der Waals surface area contributed by atoms with Crippen LogP contribution >= 0.6 is 0 Å². The second kappa shape index (κ2) is 10.3. The average Bonchev–Trinajstić information content (AvgIpc) is 2.77. The van der Waals surface area contributed by atoms with Gasteiger partial charge in [-0.2, -0.15) is 4.98 Å². The molecule has 7 N–H and O–H groups in total. The van der Waals surface area contributed by atoms with E-state index in [0.717, 1.165) is 0 Å². The van der Waals surface area contributed by atoms with Crippen LogP contribution in [0.2, 0.25) is 0 Å². The lowest BCUT2D eigenvalue weighted by Crippen LogP contribution is -2.41. The van der Waals surface area contributed by atoms with Crippen molar-refractivity contribution in [2.75, 3.05) is 11.5 Å². The predicted octanol–water partition coefficient (Wildman–Crippen LogP) is 0.990. The first-order valence-corrected chi connectivity index (χ1v) is 10.00. The Balaban J connectivity index is 1.61. The van der Waals surface area contributed by atoms with Crippen LogP contribution in [-0.4, -0.2) is 50.0 Å². The highest BCUT2D eigenvalue weighted by molar-refractivity contribution is 5.97. The molecule has 3 aromatic rings. The van der Waals surface area contributed by atoms with Gasteiger partial charge in [0.25, 0.3) is 5.91 Å². The molecular weight excluding hydrogens is 446 g/mol. The summed E-state index contributed by atoms with van der Waals surface area (Å²) in [5.74, 6) is -3.35. The maximum absolute atomic E-state index is 12.3. The summed E-state index contributed by atoms with van der Waals surface area (Å²) >= 11 is 0. The Labute approximate surface area is 192 Å². The Hall–Kier alpha value is -4.74. The lowest BCUT2D eigenvalue weighted by atomic mass is 10.1. The van der Waals surface area contributed by atoms with E-state index in [1.54, 1.807) is 18.2 Å². The second-order valence-corrected chi connectivity index (χ2v) is 7.29. The molecule has 0 radical (unpaired) electrons. The van der Waals surface area contributed by atoms with Crippen molar-refractivity contribution in [1.29, 1.82) is 0 Å². The van der Waals surface area contributed by atoms with Gasteiger partial charge in [-0.15, -0.1) is 0 Å². The highest BCUT2D eigenvalue weighted by Gasteiger charge is 2.21. The molecule has 0 saturated carbocycles. The van der Waals surface area contributed by atoms with Crippen LogP contribution in [0.25, 0.3) is 10.9 Å². The van der Waals surface area contributed by atoms with Crippen molar-refractivity contribution in [2.45, 2.75) is 25.3 Å². The lowest BCUT2D eigenvalue weighted by Gasteiger charge is -2.13. The number of benzene rings is 2. The number of amides is 1. The summed E-state index contributed by atoms with van der Waals surface area (Å²) in [6.07, 6.45) is -0.727. The monoisotopic (exact) mass is 467 g/mol. The fourth-order valence-corrected chi connectivity index (χ4v) is 3.10. The number of nitrogen functional groups attached to an aromatic ring is 2. The topological polar surface area (TPSA) is 208 Å². The standard InChI is InChI=1S/C22H21N5O7/c23-19-14-9-11(1-6-15(14)26-22(24)27-19)10-18(30)34-13-4-2-12(3-5-13)20(31)25-16(21(32)33)7-8-17(28)29/h1-6,9,16H,7-8,10H2,(H,25,31)(H,28,29)(H,32,33)(H4,23,24,26,27). The van der Waals surface area contributed by atoms with E-state index in [0.29, 0.717) is 16.5 Å². The van der Waals surface area contributed by atoms with Gasteiger partial charge >= 0.3 is 17.9 Å². The molecular formula is C22H21N5O7. The number of fused-ring (bicyclic) bond motifs is 1. The predicted molar refractivity (Wildman–Crippen MR) is 120 cm³/mol. The summed E-state index contributed by atoms with van der Waals surface area (Å²) in [6, 6.07) is 9.15. The molecule has 1 aromatic heterocycles. The molecule has 12 nitrogen and oxygen atoms in total. The van der Waals surface area contributed by atoms with Crippen molar-refractivity contribution in [3.8, 4) is 5.75 Å². The fraction of sp³-hybridized carbons (Fsp3) is 0.182. The van der Waals surface area contributed by atoms with E-state index in [9.17, 15) is 19.2 Å². The number of esters is 1. The average molecular weight is 467 g/mol. The molecule has 0 aliphatic carbocycles. The molecule has 1 heterocycles. The number of hydrogen-bond acceptors (Lipinski definition) is 9. The van der Waals surface area contributed by atoms with Crippen molar-refractivity contribution >= 4 is 46.5 Å². The third-order valence-corrected chi connectivity index (χ3v) is 4.75. The molecule has 0 aliphatic rings. The van der Waals surface area contributed by atoms with Crippen molar-refractivity contribution in [3.05, 3.63) is 53.6 Å². The number of hydrogen-bond donors (Lipinski definition) is 5. The molecule has 2 aromatic carbocycles. The van der Waals surface area contributed by atoms with E-state index in [2.05, 4.69) is 15.3 Å². The molecule has 34 heavy (non-hydrogen) atoms. The van der Waals surface area contributed by atoms with Crippen LogP contribution in [0, 0.1) is 0 Å². The minimum absolute atomic E-state index is 0.0491. The minimum atomic E-state index is -1.35. The van der Waals surface area contributed by atoms with Gasteiger partial charge in [0.2, 0.25) is 5.95 Å². The molecule has 0 saturated heterocycles. The van der Waals surface area contributed by atoms with Crippen LogP contribution in [-0.2, 0) is 20.8 Å². The number of carbonyl (C=O) groups excluding carboxylic acids is 2. The summed E-state index contributed by atoms with van der Waals surface area (Å²) < 4.78 is 5.29. The quantitative estimate of drug-likeness (QED) is 0.221. The first-order valence-electron chi connectivity index (χ1n) is 10.00. The van der Waals surface area contributed by atoms with Crippen molar-refractivity contribution < 1.29 is 34.1 Å². The minimum Gasteiger partial charge on any atom is -0.481 e. The number of nitrogens with zero attached hydrogens (tertiary/aromatic N) is 2.